The van der Waals surface area contributed by atoms with Crippen LogP contribution in [0.3, 0.4) is 0 Å². The Balaban J connectivity index is -0.000000255. The third kappa shape index (κ3) is 22.6. The van der Waals surface area contributed by atoms with Gasteiger partial charge < -0.3 is 51.2 Å². The van der Waals surface area contributed by atoms with Crippen molar-refractivity contribution < 1.29 is 80.6 Å². The summed E-state index contributed by atoms with van der Waals surface area (Å²) in [6, 6.07) is 23.0. The van der Waals surface area contributed by atoms with E-state index in [4.69, 9.17) is 19.1 Å². The minimum absolute atomic E-state index is 0. The summed E-state index contributed by atoms with van der Waals surface area (Å²) < 4.78 is 10.4. The van der Waals surface area contributed by atoms with E-state index in [9.17, 15) is 10.1 Å². The maximum absolute atomic E-state index is 10.4. The number of nitrogens with zero attached hydrogens (tertiary/aromatic N) is 2. The molecule has 45 heavy (non-hydrogen) atoms. The van der Waals surface area contributed by atoms with E-state index in [0.29, 0.717) is 18.3 Å². The van der Waals surface area contributed by atoms with Crippen LogP contribution in [0.15, 0.2) is 66.7 Å². The van der Waals surface area contributed by atoms with Crippen molar-refractivity contribution in [2.45, 2.75) is 26.2 Å². The summed E-state index contributed by atoms with van der Waals surface area (Å²) in [6.45, 7) is 22.1. The molecule has 0 amide bonds. The molecule has 1 aliphatic carbocycles. The molecule has 11 heteroatoms. The minimum atomic E-state index is -0.412. The number of carbonyl (C=O) groups excluding carboxylic acids is 2. The van der Waals surface area contributed by atoms with Crippen molar-refractivity contribution in [1.82, 2.24) is 0 Å². The molecule has 0 atom stereocenters. The largest absolute Gasteiger partial charge is 1.00 e. The summed E-state index contributed by atoms with van der Waals surface area (Å²) in [4.78, 5) is 28.8. The fraction of sp³-hybridized carbons (Fsp3) is 0.265. The van der Waals surface area contributed by atoms with Crippen LogP contribution < -0.4 is 71.0 Å². The van der Waals surface area contributed by atoms with Crippen LogP contribution >= 0.6 is 0 Å². The Labute approximate surface area is 306 Å². The van der Waals surface area contributed by atoms with Crippen molar-refractivity contribution in [1.29, 1.82) is 0 Å². The van der Waals surface area contributed by atoms with Crippen molar-refractivity contribution in [2.75, 3.05) is 31.7 Å². The number of aryl methyl sites for hydroxylation is 1. The van der Waals surface area contributed by atoms with E-state index >= 15 is 0 Å². The van der Waals surface area contributed by atoms with Gasteiger partial charge in [-0.3, -0.25) is 29.6 Å². The standard InChI is InChI=1S/C11H12NO3.C11H14N.C8H9O.C3H4O.CHO.3Li/c13-12(14)10-4-6-11(7-5-10)15-8-9-2-1-3-9;1-4-12(5-2)11-8-6-7-10(3)9-11;1-7-3-5-8(9-2)6-4-7;1-2-3-4;1-2;;;/h1,4-7,9H,2-3,8H2;6,8-9H,1-2,4-5H2,3H3;3-6H,1H2,2H3;1-2H2;1H;;;/q-1;-3;-1;-2;-1;3*+1. The van der Waals surface area contributed by atoms with Crippen LogP contribution in [-0.2, 0) is 9.59 Å². The Morgan fingerprint density at radius 1 is 1.00 bits per heavy atom. The van der Waals surface area contributed by atoms with E-state index < -0.39 is 4.92 Å². The van der Waals surface area contributed by atoms with Gasteiger partial charge in [-0.1, -0.05) is 30.7 Å². The third-order valence-electron chi connectivity index (χ3n) is 5.63. The van der Waals surface area contributed by atoms with Gasteiger partial charge in [-0.2, -0.15) is 55.2 Å². The number of ether oxygens (including phenoxy) is 2. The number of hydrogen-bond acceptors (Lipinski definition) is 7. The quantitative estimate of drug-likeness (QED) is 0.0913. The number of benzene rings is 3. The fourth-order valence-electron chi connectivity index (χ4n) is 3.18. The Bertz CT molecular complexity index is 1130. The molecular weight excluding hydrogens is 553 g/mol. The molecule has 4 rings (SSSR count). The number of non-ortho nitro benzene ring substituents is 1. The van der Waals surface area contributed by atoms with Gasteiger partial charge in [0, 0.05) is 12.1 Å². The number of hydrogen-bond donors (Lipinski definition) is 0. The van der Waals surface area contributed by atoms with E-state index in [0.717, 1.165) is 42.8 Å². The zero-order chi connectivity index (χ0) is 31.8. The molecule has 0 spiro atoms. The molecule has 0 unspecified atom stereocenters. The Morgan fingerprint density at radius 3 is 1.89 bits per heavy atom. The minimum Gasteiger partial charge on any atom is -0.545 e. The summed E-state index contributed by atoms with van der Waals surface area (Å²) in [5, 5.41) is 10.4. The molecule has 1 saturated carbocycles. The first-order chi connectivity index (χ1) is 20.3. The monoisotopic (exact) mass is 593 g/mol. The average Bonchev–Trinajstić information content (AvgIpc) is 2.99. The second-order valence-electron chi connectivity index (χ2n) is 8.65. The van der Waals surface area contributed by atoms with Crippen molar-refractivity contribution in [3.63, 3.8) is 0 Å². The third-order valence-corrected chi connectivity index (χ3v) is 5.63. The molecule has 0 bridgehead atoms. The molecule has 230 valence electrons. The maximum Gasteiger partial charge on any atom is 1.00 e. The van der Waals surface area contributed by atoms with Gasteiger partial charge in [0.05, 0.1) is 24.4 Å². The summed E-state index contributed by atoms with van der Waals surface area (Å²) in [5.41, 5.74) is 3.44. The SMILES string of the molecule is O=[N+]([O-])c1ccc(OCC2C[CH-]C2)cc1.[CH-]=O.[CH2-]CN(C[CH2-])c1cc[c-]c(C)c1.[CH2-]C[C-]=O.[CH2-]c1ccc(OC)cc1.[Li+].[Li+].[Li+]. The van der Waals surface area contributed by atoms with Gasteiger partial charge in [0.25, 0.3) is 5.69 Å². The molecule has 0 aromatic heterocycles. The Morgan fingerprint density at radius 2 is 1.51 bits per heavy atom. The zero-order valence-electron chi connectivity index (χ0n) is 27.5. The fourth-order valence-corrected chi connectivity index (χ4v) is 3.18. The molecule has 1 fully saturated rings. The van der Waals surface area contributed by atoms with E-state index in [1.165, 1.54) is 17.8 Å². The smallest absolute Gasteiger partial charge is 0.545 e. The molecule has 0 N–H and O–H groups in total. The maximum atomic E-state index is 10.4. The van der Waals surface area contributed by atoms with Gasteiger partial charge in [-0.25, -0.2) is 0 Å². The van der Waals surface area contributed by atoms with E-state index in [-0.39, 0.29) is 68.7 Å². The molecule has 3 aromatic rings. The second kappa shape index (κ2) is 31.4. The summed E-state index contributed by atoms with van der Waals surface area (Å²) >= 11 is 0. The molecule has 0 saturated heterocycles. The van der Waals surface area contributed by atoms with Crippen molar-refractivity contribution in [3.8, 4) is 11.5 Å². The van der Waals surface area contributed by atoms with Crippen LogP contribution in [0.2, 0.25) is 0 Å². The number of nitro groups is 1. The molecular formula is C34H40Li3N2O6-5. The molecule has 3 aromatic carbocycles. The molecule has 0 aliphatic heterocycles. The van der Waals surface area contributed by atoms with Crippen LogP contribution in [0.25, 0.3) is 0 Å². The van der Waals surface area contributed by atoms with Crippen molar-refractivity contribution >= 4 is 24.5 Å². The molecule has 8 nitrogen and oxygen atoms in total. The number of anilines is 1. The topological polar surface area (TPSA) is 99.0 Å². The van der Waals surface area contributed by atoms with Gasteiger partial charge >= 0.3 is 56.6 Å². The zero-order valence-corrected chi connectivity index (χ0v) is 27.5. The first-order valence-electron chi connectivity index (χ1n) is 13.1. The number of nitro benzene ring substituents is 1. The predicted molar refractivity (Wildman–Crippen MR) is 168 cm³/mol. The van der Waals surface area contributed by atoms with Gasteiger partial charge in [-0.05, 0) is 12.1 Å². The average molecular weight is 594 g/mol. The van der Waals surface area contributed by atoms with Crippen LogP contribution in [0.1, 0.15) is 30.4 Å². The van der Waals surface area contributed by atoms with Gasteiger partial charge in [0.15, 0.2) is 0 Å². The van der Waals surface area contributed by atoms with Crippen molar-refractivity contribution in [2.24, 2.45) is 5.92 Å². The number of rotatable bonds is 9. The Hall–Kier alpha value is -2.54. The molecule has 0 heterocycles. The van der Waals surface area contributed by atoms with Gasteiger partial charge in [0.1, 0.15) is 5.75 Å². The predicted octanol–water partition coefficient (Wildman–Crippen LogP) is -2.21. The summed E-state index contributed by atoms with van der Waals surface area (Å²) in [6.07, 6.45) is 6.30. The molecule has 0 radical (unpaired) electrons. The van der Waals surface area contributed by atoms with Crippen molar-refractivity contribution in [3.05, 3.63) is 128 Å². The van der Waals surface area contributed by atoms with Crippen LogP contribution in [-0.4, -0.2) is 44.8 Å². The van der Waals surface area contributed by atoms with Gasteiger partial charge in [0.2, 0.25) is 0 Å². The van der Waals surface area contributed by atoms with E-state index in [1.54, 1.807) is 25.5 Å². The van der Waals surface area contributed by atoms with Crippen LogP contribution in [0.5, 0.6) is 11.5 Å². The van der Waals surface area contributed by atoms with E-state index in [2.05, 4.69) is 57.9 Å². The first-order valence-corrected chi connectivity index (χ1v) is 13.1. The second-order valence-corrected chi connectivity index (χ2v) is 8.65. The number of methoxy groups -OCH3 is 1. The summed E-state index contributed by atoms with van der Waals surface area (Å²) in [5.74, 6) is 2.20. The van der Waals surface area contributed by atoms with Crippen LogP contribution in [0, 0.1) is 63.1 Å². The summed E-state index contributed by atoms with van der Waals surface area (Å²) in [7, 11) is 1.65. The van der Waals surface area contributed by atoms with E-state index in [1.807, 2.05) is 43.3 Å². The Kier molecular flexibility index (Phi) is 34.5. The normalized spacial score (nSPS) is 10.3. The molecule has 1 aliphatic rings. The van der Waals surface area contributed by atoms with Gasteiger partial charge in [-0.15, -0.1) is 25.2 Å². The first kappa shape index (κ1) is 49.3. The van der Waals surface area contributed by atoms with Crippen LogP contribution in [0.4, 0.5) is 11.4 Å².